The maximum atomic E-state index is 9.52. The molecule has 0 aliphatic heterocycles. The molecule has 2 heterocycles. The monoisotopic (exact) mass is 266 g/mol. The zero-order valence-corrected chi connectivity index (χ0v) is 10.3. The smallest absolute Gasteiger partial charge is 0.314 e. The van der Waals surface area contributed by atoms with E-state index < -0.39 is 0 Å². The molecule has 0 saturated carbocycles. The second-order valence-corrected chi connectivity index (χ2v) is 5.25. The Hall–Kier alpha value is -2.52. The molecule has 0 spiro atoms. The summed E-state index contributed by atoms with van der Waals surface area (Å²) in [5.41, 5.74) is 2.88. The van der Waals surface area contributed by atoms with Gasteiger partial charge in [0.05, 0.1) is 22.0 Å². The standard InChI is InChI=1S/C13H6N4OS/c14-5-6-9-10(6)16-13(18)17-11(9)12-15-7-3-1-2-4-8(7)19-12/h1-4,6H,(H,16,17,18). The fourth-order valence-electron chi connectivity index (χ4n) is 2.15. The Labute approximate surface area is 111 Å². The zero-order valence-electron chi connectivity index (χ0n) is 9.53. The molecule has 1 unspecified atom stereocenters. The van der Waals surface area contributed by atoms with Crippen molar-refractivity contribution in [1.82, 2.24) is 15.0 Å². The maximum absolute atomic E-state index is 9.52. The van der Waals surface area contributed by atoms with Gasteiger partial charge in [-0.2, -0.15) is 15.2 Å². The molecule has 2 aromatic heterocycles. The van der Waals surface area contributed by atoms with Gasteiger partial charge in [-0.3, -0.25) is 0 Å². The van der Waals surface area contributed by atoms with Crippen molar-refractivity contribution < 1.29 is 5.11 Å². The topological polar surface area (TPSA) is 82.7 Å². The second kappa shape index (κ2) is 3.49. The highest BCUT2D eigenvalue weighted by Gasteiger charge is 2.41. The summed E-state index contributed by atoms with van der Waals surface area (Å²) in [7, 11) is 0. The predicted molar refractivity (Wildman–Crippen MR) is 69.8 cm³/mol. The van der Waals surface area contributed by atoms with E-state index in [1.807, 2.05) is 24.3 Å². The SMILES string of the molecule is N#CC1c2nc(O)nc(-c3nc4ccccc4s3)c21. The van der Waals surface area contributed by atoms with Crippen molar-refractivity contribution in [2.24, 2.45) is 0 Å². The van der Waals surface area contributed by atoms with Crippen molar-refractivity contribution in [3.05, 3.63) is 35.5 Å². The minimum atomic E-state index is -0.351. The molecule has 0 saturated heterocycles. The lowest BCUT2D eigenvalue weighted by Crippen LogP contribution is -1.84. The fourth-order valence-corrected chi connectivity index (χ4v) is 3.12. The van der Waals surface area contributed by atoms with E-state index in [1.165, 1.54) is 11.3 Å². The number of aromatic nitrogens is 3. The first-order valence-corrected chi connectivity index (χ1v) is 6.46. The Kier molecular flexibility index (Phi) is 1.91. The van der Waals surface area contributed by atoms with Crippen molar-refractivity contribution in [1.29, 1.82) is 5.26 Å². The lowest BCUT2D eigenvalue weighted by atomic mass is 10.3. The van der Waals surface area contributed by atoms with Crippen LogP contribution < -0.4 is 0 Å². The average molecular weight is 266 g/mol. The molecule has 1 aliphatic rings. The van der Waals surface area contributed by atoms with Gasteiger partial charge in [-0.05, 0) is 12.1 Å². The molecule has 0 amide bonds. The Morgan fingerprint density at radius 2 is 2.05 bits per heavy atom. The number of aromatic hydroxyl groups is 1. The molecule has 4 rings (SSSR count). The van der Waals surface area contributed by atoms with Crippen LogP contribution in [0, 0.1) is 11.3 Å². The Bertz CT molecular complexity index is 832. The normalized spacial score (nSPS) is 16.1. The van der Waals surface area contributed by atoms with Gasteiger partial charge in [0.15, 0.2) is 0 Å². The summed E-state index contributed by atoms with van der Waals surface area (Å²) in [6, 6.07) is 9.62. The number of thiazole rings is 1. The van der Waals surface area contributed by atoms with E-state index in [4.69, 9.17) is 5.26 Å². The summed E-state index contributed by atoms with van der Waals surface area (Å²) in [5.74, 6) is -0.351. The van der Waals surface area contributed by atoms with Crippen LogP contribution >= 0.6 is 11.3 Å². The quantitative estimate of drug-likeness (QED) is 0.731. The molecule has 0 fully saturated rings. The van der Waals surface area contributed by atoms with Crippen LogP contribution in [0.3, 0.4) is 0 Å². The highest BCUT2D eigenvalue weighted by atomic mass is 32.1. The van der Waals surface area contributed by atoms with Crippen molar-refractivity contribution in [2.45, 2.75) is 5.92 Å². The first kappa shape index (κ1) is 10.4. The van der Waals surface area contributed by atoms with Crippen LogP contribution in [-0.4, -0.2) is 20.1 Å². The predicted octanol–water partition coefficient (Wildman–Crippen LogP) is 2.43. The molecule has 1 N–H and O–H groups in total. The molecular weight excluding hydrogens is 260 g/mol. The summed E-state index contributed by atoms with van der Waals surface area (Å²) < 4.78 is 1.05. The first-order valence-electron chi connectivity index (χ1n) is 5.64. The minimum absolute atomic E-state index is 0.300. The highest BCUT2D eigenvalue weighted by molar-refractivity contribution is 7.21. The summed E-state index contributed by atoms with van der Waals surface area (Å²) in [6.45, 7) is 0. The van der Waals surface area contributed by atoms with Crippen molar-refractivity contribution in [3.8, 4) is 22.8 Å². The summed E-state index contributed by atoms with van der Waals surface area (Å²) in [5, 5.41) is 19.3. The number of rotatable bonds is 1. The van der Waals surface area contributed by atoms with E-state index in [9.17, 15) is 5.11 Å². The molecule has 1 aromatic carbocycles. The van der Waals surface area contributed by atoms with Crippen LogP contribution in [0.15, 0.2) is 24.3 Å². The Balaban J connectivity index is 1.95. The van der Waals surface area contributed by atoms with E-state index in [2.05, 4.69) is 21.0 Å². The van der Waals surface area contributed by atoms with Gasteiger partial charge in [-0.1, -0.05) is 12.1 Å². The Morgan fingerprint density at radius 3 is 2.84 bits per heavy atom. The molecule has 1 aliphatic carbocycles. The fraction of sp³-hybridized carbons (Fsp3) is 0.0769. The number of nitrogens with zero attached hydrogens (tertiary/aromatic N) is 4. The average Bonchev–Trinajstić information content (AvgIpc) is 2.94. The summed E-state index contributed by atoms with van der Waals surface area (Å²) in [6.07, 6.45) is 0. The van der Waals surface area contributed by atoms with Gasteiger partial charge in [-0.25, -0.2) is 4.98 Å². The number of fused-ring (bicyclic) bond motifs is 2. The van der Waals surface area contributed by atoms with Crippen molar-refractivity contribution >= 4 is 21.6 Å². The summed E-state index contributed by atoms with van der Waals surface area (Å²) in [4.78, 5) is 12.4. The summed E-state index contributed by atoms with van der Waals surface area (Å²) >= 11 is 1.50. The van der Waals surface area contributed by atoms with E-state index in [0.29, 0.717) is 16.4 Å². The van der Waals surface area contributed by atoms with Gasteiger partial charge in [0.2, 0.25) is 0 Å². The minimum Gasteiger partial charge on any atom is -0.479 e. The molecule has 3 aromatic rings. The van der Waals surface area contributed by atoms with Crippen LogP contribution in [0.25, 0.3) is 20.9 Å². The second-order valence-electron chi connectivity index (χ2n) is 4.22. The van der Waals surface area contributed by atoms with Crippen molar-refractivity contribution in [3.63, 3.8) is 0 Å². The van der Waals surface area contributed by atoms with Crippen LogP contribution in [0.4, 0.5) is 0 Å². The highest BCUT2D eigenvalue weighted by Crippen LogP contribution is 2.48. The van der Waals surface area contributed by atoms with Crippen LogP contribution in [0.2, 0.25) is 0 Å². The van der Waals surface area contributed by atoms with Gasteiger partial charge in [0.1, 0.15) is 16.6 Å². The molecular formula is C13H6N4OS. The van der Waals surface area contributed by atoms with Gasteiger partial charge >= 0.3 is 6.01 Å². The van der Waals surface area contributed by atoms with Gasteiger partial charge in [0, 0.05) is 5.56 Å². The van der Waals surface area contributed by atoms with Crippen molar-refractivity contribution in [2.75, 3.05) is 0 Å². The number of para-hydroxylation sites is 1. The maximum Gasteiger partial charge on any atom is 0.314 e. The molecule has 19 heavy (non-hydrogen) atoms. The Morgan fingerprint density at radius 1 is 1.21 bits per heavy atom. The number of hydrogen-bond acceptors (Lipinski definition) is 6. The molecule has 90 valence electrons. The lowest BCUT2D eigenvalue weighted by Gasteiger charge is -1.93. The molecule has 1 atom stereocenters. The first-order chi connectivity index (χ1) is 9.28. The lowest BCUT2D eigenvalue weighted by molar-refractivity contribution is 0.431. The largest absolute Gasteiger partial charge is 0.479 e. The molecule has 5 nitrogen and oxygen atoms in total. The van der Waals surface area contributed by atoms with E-state index in [-0.39, 0.29) is 11.9 Å². The van der Waals surface area contributed by atoms with E-state index >= 15 is 0 Å². The van der Waals surface area contributed by atoms with Crippen LogP contribution in [0.5, 0.6) is 6.01 Å². The zero-order chi connectivity index (χ0) is 13.0. The molecule has 0 radical (unpaired) electrons. The van der Waals surface area contributed by atoms with Gasteiger partial charge < -0.3 is 5.11 Å². The third-order valence-corrected chi connectivity index (χ3v) is 4.11. The number of benzene rings is 1. The molecule has 0 bridgehead atoms. The van der Waals surface area contributed by atoms with Crippen LogP contribution in [-0.2, 0) is 0 Å². The third kappa shape index (κ3) is 1.42. The number of nitriles is 1. The van der Waals surface area contributed by atoms with Gasteiger partial charge in [0.25, 0.3) is 0 Å². The van der Waals surface area contributed by atoms with Gasteiger partial charge in [-0.15, -0.1) is 11.3 Å². The van der Waals surface area contributed by atoms with E-state index in [0.717, 1.165) is 15.8 Å². The number of hydrogen-bond donors (Lipinski definition) is 1. The van der Waals surface area contributed by atoms with Crippen LogP contribution in [0.1, 0.15) is 17.2 Å². The van der Waals surface area contributed by atoms with E-state index in [1.54, 1.807) is 0 Å². The third-order valence-electron chi connectivity index (χ3n) is 3.07. The molecule has 6 heteroatoms.